The lowest BCUT2D eigenvalue weighted by Crippen LogP contribution is -2.44. The number of rotatable bonds is 4. The van der Waals surface area contributed by atoms with E-state index in [1.165, 1.54) is 11.3 Å². The first-order valence-corrected chi connectivity index (χ1v) is 8.15. The van der Waals surface area contributed by atoms with Crippen molar-refractivity contribution in [2.75, 3.05) is 6.61 Å². The number of aliphatic hydroxyl groups is 1. The van der Waals surface area contributed by atoms with Gasteiger partial charge in [0.15, 0.2) is 0 Å². The zero-order valence-corrected chi connectivity index (χ0v) is 13.5. The van der Waals surface area contributed by atoms with Crippen LogP contribution in [0.1, 0.15) is 57.4 Å². The Morgan fingerprint density at radius 1 is 1.32 bits per heavy atom. The summed E-state index contributed by atoms with van der Waals surface area (Å²) < 4.78 is 6.72. The molecule has 0 aliphatic heterocycles. The molecule has 108 valence electrons. The molecule has 0 amide bonds. The van der Waals surface area contributed by atoms with Gasteiger partial charge in [-0.3, -0.25) is 0 Å². The smallest absolute Gasteiger partial charge is 0.117 e. The molecule has 1 saturated carbocycles. The predicted molar refractivity (Wildman–Crippen MR) is 80.9 cm³/mol. The van der Waals surface area contributed by atoms with Crippen LogP contribution in [0, 0.1) is 5.41 Å². The molecule has 1 heterocycles. The highest BCUT2D eigenvalue weighted by molar-refractivity contribution is 7.16. The van der Waals surface area contributed by atoms with Crippen molar-refractivity contribution in [3.63, 3.8) is 0 Å². The standard InChI is InChI=1S/C15H23ClO2S/c1-4-18-15(9-7-14(2,3)8-10-15)13(17)11-5-6-12(16)19-11/h5-6,13,17H,4,7-10H2,1-3H3. The van der Waals surface area contributed by atoms with Gasteiger partial charge in [0.05, 0.1) is 9.94 Å². The molecule has 1 aromatic rings. The van der Waals surface area contributed by atoms with E-state index in [4.69, 9.17) is 16.3 Å². The normalized spacial score (nSPS) is 23.2. The monoisotopic (exact) mass is 302 g/mol. The molecule has 19 heavy (non-hydrogen) atoms. The van der Waals surface area contributed by atoms with Gasteiger partial charge in [-0.15, -0.1) is 11.3 Å². The third kappa shape index (κ3) is 3.33. The quantitative estimate of drug-likeness (QED) is 0.865. The number of aliphatic hydroxyl groups excluding tert-OH is 1. The molecule has 2 nitrogen and oxygen atoms in total. The van der Waals surface area contributed by atoms with E-state index in [2.05, 4.69) is 13.8 Å². The van der Waals surface area contributed by atoms with Crippen molar-refractivity contribution in [2.24, 2.45) is 5.41 Å². The zero-order valence-electron chi connectivity index (χ0n) is 11.9. The van der Waals surface area contributed by atoms with Gasteiger partial charge in [0.25, 0.3) is 0 Å². The Hall–Kier alpha value is -0.0900. The highest BCUT2D eigenvalue weighted by Crippen LogP contribution is 2.48. The first kappa shape index (κ1) is 15.3. The molecule has 0 aromatic carbocycles. The predicted octanol–water partition coefficient (Wildman–Crippen LogP) is 4.81. The molecule has 4 heteroatoms. The van der Waals surface area contributed by atoms with Gasteiger partial charge in [0.1, 0.15) is 6.10 Å². The molecule has 1 fully saturated rings. The number of ether oxygens (including phenoxy) is 1. The molecule has 1 unspecified atom stereocenters. The van der Waals surface area contributed by atoms with E-state index >= 15 is 0 Å². The highest BCUT2D eigenvalue weighted by Gasteiger charge is 2.45. The van der Waals surface area contributed by atoms with Crippen LogP contribution in [-0.2, 0) is 4.74 Å². The minimum atomic E-state index is -0.568. The fourth-order valence-electron chi connectivity index (χ4n) is 2.87. The summed E-state index contributed by atoms with van der Waals surface area (Å²) in [5.74, 6) is 0. The summed E-state index contributed by atoms with van der Waals surface area (Å²) in [4.78, 5) is 0.915. The van der Waals surface area contributed by atoms with Gasteiger partial charge in [-0.25, -0.2) is 0 Å². The Morgan fingerprint density at radius 3 is 2.42 bits per heavy atom. The van der Waals surface area contributed by atoms with Gasteiger partial charge < -0.3 is 9.84 Å². The number of hydrogen-bond donors (Lipinski definition) is 1. The molecular weight excluding hydrogens is 280 g/mol. The molecule has 1 N–H and O–H groups in total. The third-order valence-corrected chi connectivity index (χ3v) is 5.53. The van der Waals surface area contributed by atoms with Crippen molar-refractivity contribution in [1.29, 1.82) is 0 Å². The first-order valence-electron chi connectivity index (χ1n) is 6.96. The van der Waals surface area contributed by atoms with Gasteiger partial charge in [-0.1, -0.05) is 25.4 Å². The van der Waals surface area contributed by atoms with Crippen molar-refractivity contribution in [1.82, 2.24) is 0 Å². The van der Waals surface area contributed by atoms with Crippen molar-refractivity contribution in [3.8, 4) is 0 Å². The van der Waals surface area contributed by atoms with Crippen LogP contribution in [-0.4, -0.2) is 17.3 Å². The lowest BCUT2D eigenvalue weighted by atomic mass is 9.69. The summed E-state index contributed by atoms with van der Waals surface area (Å²) in [6.45, 7) is 7.21. The van der Waals surface area contributed by atoms with E-state index in [-0.39, 0.29) is 0 Å². The lowest BCUT2D eigenvalue weighted by Gasteiger charge is -2.45. The third-order valence-electron chi connectivity index (χ3n) is 4.24. The van der Waals surface area contributed by atoms with Crippen LogP contribution in [0.5, 0.6) is 0 Å². The van der Waals surface area contributed by atoms with Crippen molar-refractivity contribution in [3.05, 3.63) is 21.3 Å². The Morgan fingerprint density at radius 2 is 1.95 bits per heavy atom. The highest BCUT2D eigenvalue weighted by atomic mass is 35.5. The van der Waals surface area contributed by atoms with E-state index in [1.54, 1.807) is 0 Å². The van der Waals surface area contributed by atoms with Crippen LogP contribution in [0.4, 0.5) is 0 Å². The van der Waals surface area contributed by atoms with Gasteiger partial charge in [0.2, 0.25) is 0 Å². The number of hydrogen-bond acceptors (Lipinski definition) is 3. The van der Waals surface area contributed by atoms with Gasteiger partial charge in [-0.2, -0.15) is 0 Å². The Kier molecular flexibility index (Phi) is 4.61. The molecular formula is C15H23ClO2S. The SMILES string of the molecule is CCOC1(C(O)c2ccc(Cl)s2)CCC(C)(C)CC1. The van der Waals surface area contributed by atoms with Crippen molar-refractivity contribution in [2.45, 2.75) is 58.2 Å². The Labute approximate surface area is 124 Å². The molecule has 1 atom stereocenters. The fraction of sp³-hybridized carbons (Fsp3) is 0.733. The van der Waals surface area contributed by atoms with Crippen molar-refractivity contribution < 1.29 is 9.84 Å². The second kappa shape index (κ2) is 5.72. The zero-order chi connectivity index (χ0) is 14.1. The lowest BCUT2D eigenvalue weighted by molar-refractivity contribution is -0.152. The van der Waals surface area contributed by atoms with E-state index in [0.29, 0.717) is 12.0 Å². The molecule has 0 spiro atoms. The van der Waals surface area contributed by atoms with Crippen LogP contribution < -0.4 is 0 Å². The molecule has 1 aliphatic rings. The second-order valence-electron chi connectivity index (χ2n) is 6.21. The van der Waals surface area contributed by atoms with Crippen LogP contribution in [0.25, 0.3) is 0 Å². The average Bonchev–Trinajstić information content (AvgIpc) is 2.78. The number of halogens is 1. The fourth-order valence-corrected chi connectivity index (χ4v) is 4.02. The molecule has 1 aromatic heterocycles. The molecule has 0 saturated heterocycles. The molecule has 1 aliphatic carbocycles. The maximum Gasteiger partial charge on any atom is 0.117 e. The topological polar surface area (TPSA) is 29.5 Å². The Balaban J connectivity index is 2.20. The molecule has 0 radical (unpaired) electrons. The largest absolute Gasteiger partial charge is 0.385 e. The summed E-state index contributed by atoms with van der Waals surface area (Å²) in [6.07, 6.45) is 3.42. The second-order valence-corrected chi connectivity index (χ2v) is 7.95. The summed E-state index contributed by atoms with van der Waals surface area (Å²) in [5.41, 5.74) is -0.0775. The maximum atomic E-state index is 10.7. The van der Waals surface area contributed by atoms with Crippen molar-refractivity contribution >= 4 is 22.9 Å². The van der Waals surface area contributed by atoms with E-state index in [1.807, 2.05) is 19.1 Å². The minimum Gasteiger partial charge on any atom is -0.385 e. The molecule has 0 bridgehead atoms. The van der Waals surface area contributed by atoms with E-state index in [0.717, 1.165) is 34.9 Å². The number of thiophene rings is 1. The Bertz CT molecular complexity index is 418. The van der Waals surface area contributed by atoms with Crippen LogP contribution in [0.3, 0.4) is 0 Å². The minimum absolute atomic E-state index is 0.355. The first-order chi connectivity index (χ1) is 8.88. The van der Waals surface area contributed by atoms with Crippen LogP contribution in [0.15, 0.2) is 12.1 Å². The maximum absolute atomic E-state index is 10.7. The van der Waals surface area contributed by atoms with Crippen LogP contribution in [0.2, 0.25) is 4.34 Å². The average molecular weight is 303 g/mol. The van der Waals surface area contributed by atoms with E-state index < -0.39 is 11.7 Å². The van der Waals surface area contributed by atoms with Gasteiger partial charge >= 0.3 is 0 Å². The van der Waals surface area contributed by atoms with Gasteiger partial charge in [0, 0.05) is 11.5 Å². The summed E-state index contributed by atoms with van der Waals surface area (Å²) in [6, 6.07) is 3.76. The molecule has 2 rings (SSSR count). The summed E-state index contributed by atoms with van der Waals surface area (Å²) >= 11 is 7.43. The van der Waals surface area contributed by atoms with Gasteiger partial charge in [-0.05, 0) is 50.2 Å². The summed E-state index contributed by atoms with van der Waals surface area (Å²) in [7, 11) is 0. The summed E-state index contributed by atoms with van der Waals surface area (Å²) in [5, 5.41) is 10.7. The van der Waals surface area contributed by atoms with Crippen LogP contribution >= 0.6 is 22.9 Å². The van der Waals surface area contributed by atoms with E-state index in [9.17, 15) is 5.11 Å².